The van der Waals surface area contributed by atoms with E-state index in [9.17, 15) is 18.8 Å². The quantitative estimate of drug-likeness (QED) is 0.646. The number of rotatable bonds is 5. The third kappa shape index (κ3) is 4.20. The van der Waals surface area contributed by atoms with Crippen molar-refractivity contribution in [3.8, 4) is 0 Å². The molecule has 7 heteroatoms. The zero-order chi connectivity index (χ0) is 19.4. The summed E-state index contributed by atoms with van der Waals surface area (Å²) in [7, 11) is 0. The number of hydrogen-bond donors (Lipinski definition) is 3. The first-order valence-corrected chi connectivity index (χ1v) is 8.39. The van der Waals surface area contributed by atoms with Crippen LogP contribution >= 0.6 is 0 Å². The van der Waals surface area contributed by atoms with Crippen molar-refractivity contribution in [2.75, 3.05) is 6.54 Å². The number of aromatic nitrogens is 1. The van der Waals surface area contributed by atoms with Gasteiger partial charge in [-0.25, -0.2) is 4.39 Å². The summed E-state index contributed by atoms with van der Waals surface area (Å²) < 4.78 is 13.3. The van der Waals surface area contributed by atoms with Gasteiger partial charge < -0.3 is 15.6 Å². The van der Waals surface area contributed by atoms with Crippen molar-refractivity contribution in [3.05, 3.63) is 81.9 Å². The second-order valence-electron chi connectivity index (χ2n) is 6.10. The first-order chi connectivity index (χ1) is 13.0. The van der Waals surface area contributed by atoms with Crippen molar-refractivity contribution in [2.24, 2.45) is 0 Å². The van der Waals surface area contributed by atoms with Crippen molar-refractivity contribution >= 4 is 22.7 Å². The SMILES string of the molecule is C[C@@H](NC(=O)CNC(=O)c1c[nH]c2ccccc2c1=O)c1cccc(F)c1. The molecule has 1 aromatic heterocycles. The summed E-state index contributed by atoms with van der Waals surface area (Å²) in [6.45, 7) is 1.41. The van der Waals surface area contributed by atoms with Crippen LogP contribution in [0.15, 0.2) is 59.5 Å². The fourth-order valence-corrected chi connectivity index (χ4v) is 2.74. The largest absolute Gasteiger partial charge is 0.360 e. The molecule has 0 fully saturated rings. The molecule has 0 saturated heterocycles. The second kappa shape index (κ2) is 7.82. The predicted octanol–water partition coefficient (Wildman–Crippen LogP) is 2.27. The summed E-state index contributed by atoms with van der Waals surface area (Å²) in [6.07, 6.45) is 1.33. The van der Waals surface area contributed by atoms with Gasteiger partial charge in [0.05, 0.1) is 12.6 Å². The van der Waals surface area contributed by atoms with Gasteiger partial charge in [0, 0.05) is 17.1 Å². The molecule has 1 heterocycles. The molecule has 0 aliphatic heterocycles. The van der Waals surface area contributed by atoms with Crippen LogP contribution in [-0.2, 0) is 4.79 Å². The van der Waals surface area contributed by atoms with E-state index in [1.54, 1.807) is 43.3 Å². The molecule has 0 spiro atoms. The Morgan fingerprint density at radius 3 is 2.70 bits per heavy atom. The molecule has 138 valence electrons. The lowest BCUT2D eigenvalue weighted by Gasteiger charge is -2.14. The zero-order valence-electron chi connectivity index (χ0n) is 14.6. The van der Waals surface area contributed by atoms with Crippen LogP contribution < -0.4 is 16.1 Å². The van der Waals surface area contributed by atoms with Gasteiger partial charge in [0.1, 0.15) is 11.4 Å². The topological polar surface area (TPSA) is 91.1 Å². The highest BCUT2D eigenvalue weighted by Crippen LogP contribution is 2.13. The Hall–Kier alpha value is -3.48. The summed E-state index contributed by atoms with van der Waals surface area (Å²) in [5.74, 6) is -1.48. The van der Waals surface area contributed by atoms with Gasteiger partial charge in [0.15, 0.2) is 0 Å². The number of fused-ring (bicyclic) bond motifs is 1. The molecule has 3 aromatic rings. The average Bonchev–Trinajstić information content (AvgIpc) is 2.66. The Labute approximate surface area is 154 Å². The van der Waals surface area contributed by atoms with Crippen molar-refractivity contribution in [1.82, 2.24) is 15.6 Å². The van der Waals surface area contributed by atoms with Crippen LogP contribution in [0.5, 0.6) is 0 Å². The number of nitrogens with one attached hydrogen (secondary N) is 3. The fraction of sp³-hybridized carbons (Fsp3) is 0.150. The summed E-state index contributed by atoms with van der Waals surface area (Å²) in [6, 6.07) is 12.3. The highest BCUT2D eigenvalue weighted by Gasteiger charge is 2.15. The summed E-state index contributed by atoms with van der Waals surface area (Å²) >= 11 is 0. The van der Waals surface area contributed by atoms with Crippen molar-refractivity contribution in [2.45, 2.75) is 13.0 Å². The van der Waals surface area contributed by atoms with Gasteiger partial charge in [-0.15, -0.1) is 0 Å². The van der Waals surface area contributed by atoms with E-state index >= 15 is 0 Å². The van der Waals surface area contributed by atoms with E-state index in [0.29, 0.717) is 16.5 Å². The average molecular weight is 367 g/mol. The molecule has 0 unspecified atom stereocenters. The number of carbonyl (C=O) groups excluding carboxylic acids is 2. The minimum atomic E-state index is -0.643. The Balaban J connectivity index is 1.63. The van der Waals surface area contributed by atoms with Gasteiger partial charge in [-0.3, -0.25) is 14.4 Å². The van der Waals surface area contributed by atoms with Crippen LogP contribution in [0.25, 0.3) is 10.9 Å². The maximum absolute atomic E-state index is 13.3. The Bertz CT molecular complexity index is 1060. The summed E-state index contributed by atoms with van der Waals surface area (Å²) in [5.41, 5.74) is 0.761. The molecule has 27 heavy (non-hydrogen) atoms. The first-order valence-electron chi connectivity index (χ1n) is 8.39. The monoisotopic (exact) mass is 367 g/mol. The highest BCUT2D eigenvalue weighted by molar-refractivity contribution is 5.98. The number of halogens is 1. The lowest BCUT2D eigenvalue weighted by molar-refractivity contribution is -0.120. The van der Waals surface area contributed by atoms with Crippen LogP contribution in [0.4, 0.5) is 4.39 Å². The van der Waals surface area contributed by atoms with E-state index in [1.807, 2.05) is 0 Å². The fourth-order valence-electron chi connectivity index (χ4n) is 2.74. The Morgan fingerprint density at radius 2 is 1.93 bits per heavy atom. The van der Waals surface area contributed by atoms with E-state index < -0.39 is 29.1 Å². The van der Waals surface area contributed by atoms with Crippen LogP contribution in [0.2, 0.25) is 0 Å². The minimum absolute atomic E-state index is 0.0697. The van der Waals surface area contributed by atoms with Crippen molar-refractivity contribution < 1.29 is 14.0 Å². The van der Waals surface area contributed by atoms with E-state index in [2.05, 4.69) is 15.6 Å². The van der Waals surface area contributed by atoms with E-state index in [4.69, 9.17) is 0 Å². The summed E-state index contributed by atoms with van der Waals surface area (Å²) in [5, 5.41) is 5.49. The van der Waals surface area contributed by atoms with Crippen molar-refractivity contribution in [1.29, 1.82) is 0 Å². The number of para-hydroxylation sites is 1. The molecule has 0 bridgehead atoms. The number of H-pyrrole nitrogens is 1. The van der Waals surface area contributed by atoms with Gasteiger partial charge in [-0.05, 0) is 36.8 Å². The number of pyridine rings is 1. The smallest absolute Gasteiger partial charge is 0.257 e. The van der Waals surface area contributed by atoms with Gasteiger partial charge in [0.2, 0.25) is 11.3 Å². The van der Waals surface area contributed by atoms with Crippen LogP contribution in [0.3, 0.4) is 0 Å². The van der Waals surface area contributed by atoms with E-state index in [-0.39, 0.29) is 12.1 Å². The summed E-state index contributed by atoms with van der Waals surface area (Å²) in [4.78, 5) is 39.6. The van der Waals surface area contributed by atoms with Gasteiger partial charge in [-0.1, -0.05) is 24.3 Å². The second-order valence-corrected chi connectivity index (χ2v) is 6.10. The lowest BCUT2D eigenvalue weighted by atomic mass is 10.1. The van der Waals surface area contributed by atoms with Crippen LogP contribution in [0.1, 0.15) is 28.9 Å². The third-order valence-corrected chi connectivity index (χ3v) is 4.17. The third-order valence-electron chi connectivity index (χ3n) is 4.17. The molecular formula is C20H18FN3O3. The molecule has 0 aliphatic rings. The first kappa shape index (κ1) is 18.3. The molecule has 0 radical (unpaired) electrons. The molecule has 0 saturated carbocycles. The maximum atomic E-state index is 13.3. The normalized spacial score (nSPS) is 11.8. The lowest BCUT2D eigenvalue weighted by Crippen LogP contribution is -2.39. The molecular weight excluding hydrogens is 349 g/mol. The molecule has 0 aliphatic carbocycles. The molecule has 2 aromatic carbocycles. The highest BCUT2D eigenvalue weighted by atomic mass is 19.1. The van der Waals surface area contributed by atoms with E-state index in [0.717, 1.165) is 0 Å². The van der Waals surface area contributed by atoms with E-state index in [1.165, 1.54) is 18.3 Å². The van der Waals surface area contributed by atoms with Crippen LogP contribution in [-0.4, -0.2) is 23.3 Å². The predicted molar refractivity (Wildman–Crippen MR) is 99.9 cm³/mol. The minimum Gasteiger partial charge on any atom is -0.360 e. The Morgan fingerprint density at radius 1 is 1.15 bits per heavy atom. The number of carbonyl (C=O) groups is 2. The molecule has 1 atom stereocenters. The van der Waals surface area contributed by atoms with Crippen molar-refractivity contribution in [3.63, 3.8) is 0 Å². The van der Waals surface area contributed by atoms with Crippen LogP contribution in [0, 0.1) is 5.82 Å². The number of hydrogen-bond acceptors (Lipinski definition) is 3. The molecule has 6 nitrogen and oxygen atoms in total. The Kier molecular flexibility index (Phi) is 5.30. The van der Waals surface area contributed by atoms with Gasteiger partial charge in [0.25, 0.3) is 5.91 Å². The molecule has 3 rings (SSSR count). The number of amides is 2. The number of aromatic amines is 1. The standard InChI is InChI=1S/C20H18FN3O3/c1-12(13-5-4-6-14(21)9-13)24-18(25)11-23-20(27)16-10-22-17-8-3-2-7-15(17)19(16)26/h2-10,12H,11H2,1H3,(H,22,26)(H,23,27)(H,24,25)/t12-/m1/s1. The van der Waals surface area contributed by atoms with Gasteiger partial charge >= 0.3 is 0 Å². The zero-order valence-corrected chi connectivity index (χ0v) is 14.6. The molecule has 3 N–H and O–H groups in total. The maximum Gasteiger partial charge on any atom is 0.257 e. The molecule has 2 amide bonds. The van der Waals surface area contributed by atoms with Gasteiger partial charge in [-0.2, -0.15) is 0 Å². The number of benzene rings is 2.